The molecule has 359 valence electrons. The second kappa shape index (κ2) is 26.5. The molecule has 4 aromatic rings. The number of rotatable bonds is 10. The van der Waals surface area contributed by atoms with Gasteiger partial charge in [0, 0.05) is 82.6 Å². The minimum absolute atomic E-state index is 0. The number of aliphatic hydroxyl groups is 1. The van der Waals surface area contributed by atoms with E-state index >= 15 is 0 Å². The molecule has 0 amide bonds. The van der Waals surface area contributed by atoms with Crippen LogP contribution in [0, 0.1) is 35.3 Å². The van der Waals surface area contributed by atoms with Crippen molar-refractivity contribution in [3.8, 4) is 0 Å². The number of nitrogens with zero attached hydrogens (tertiary/aromatic N) is 4. The van der Waals surface area contributed by atoms with Crippen molar-refractivity contribution in [3.63, 3.8) is 0 Å². The van der Waals surface area contributed by atoms with Crippen molar-refractivity contribution in [2.75, 3.05) is 27.9 Å². The summed E-state index contributed by atoms with van der Waals surface area (Å²) in [5.41, 5.74) is 3.00. The van der Waals surface area contributed by atoms with Gasteiger partial charge in [0.2, 0.25) is 0 Å². The Morgan fingerprint density at radius 3 is 1.59 bits per heavy atom. The molecule has 0 saturated heterocycles. The first-order valence-corrected chi connectivity index (χ1v) is 23.2. The summed E-state index contributed by atoms with van der Waals surface area (Å²) in [6.07, 6.45) is 9.68. The summed E-state index contributed by atoms with van der Waals surface area (Å²) in [7, 11) is 4.01. The summed E-state index contributed by atoms with van der Waals surface area (Å²) in [4.78, 5) is 56.5. The maximum Gasteiger partial charge on any atom is 1.00 e. The number of allylic oxidation sites excluding steroid dienone is 2. The number of carbonyl (C=O) groups is 3. The quantitative estimate of drug-likeness (QED) is 0.0878. The first-order valence-electron chi connectivity index (χ1n) is 20.7. The van der Waals surface area contributed by atoms with Gasteiger partial charge in [-0.1, -0.05) is 63.0 Å². The summed E-state index contributed by atoms with van der Waals surface area (Å²) >= 11 is 15.6. The van der Waals surface area contributed by atoms with Crippen molar-refractivity contribution in [2.24, 2.45) is 33.7 Å². The number of thiazole rings is 2. The molecule has 21 heteroatoms. The van der Waals surface area contributed by atoms with Crippen molar-refractivity contribution in [1.82, 2.24) is 20.6 Å². The van der Waals surface area contributed by atoms with E-state index in [1.165, 1.54) is 74.3 Å². The first kappa shape index (κ1) is 57.9. The standard InChI is InChI=1S/C23H23ClFN3O4S.C22H23ClFN3O3S.2CH4.B.Li.H/c1-31-22(29)13-5-3-4-12(10-13)18-17(23(30)32-2)19(15-7-6-14(25)11-16(15)24)28-20(27-18)21-26-8-9-33-21;1-30-22(29)17-18(13-4-2-3-12(9-13)11-28)26-20(21-25-7-8-31-21)27-19(17)15-6-5-14(24)10-16(15)23;;;;;/h6-9,11-13,19H,3-5,10H2,1-2H3,(H,27,28);5-8,10,12-13,19,28H,2-4,9,11H2,1H3,(H,26,27);2*1H4;;;/q;;;;;+1;-1/t2*12-,13+,19?;;;;;/m10...../s1. The number of hydrogen-bond donors (Lipinski definition) is 3. The van der Waals surface area contributed by atoms with Crippen LogP contribution in [-0.4, -0.2) is 81.0 Å². The normalized spacial score (nSPS) is 22.0. The zero-order valence-electron chi connectivity index (χ0n) is 37.7. The van der Waals surface area contributed by atoms with Gasteiger partial charge in [-0.05, 0) is 68.7 Å². The second-order valence-electron chi connectivity index (χ2n) is 15.7. The molecule has 0 spiro atoms. The third-order valence-corrected chi connectivity index (χ3v) is 14.0. The van der Waals surface area contributed by atoms with E-state index in [9.17, 15) is 28.3 Å². The Hall–Kier alpha value is -4.41. The molecule has 4 aliphatic rings. The molecule has 2 unspecified atom stereocenters. The van der Waals surface area contributed by atoms with Gasteiger partial charge in [-0.15, -0.1) is 22.7 Å². The number of nitrogens with one attached hydrogen (secondary N) is 2. The minimum Gasteiger partial charge on any atom is -1.00 e. The number of aromatic nitrogens is 2. The van der Waals surface area contributed by atoms with Crippen molar-refractivity contribution >= 4 is 83.9 Å². The fraction of sp³-hybridized carbons (Fsp3) is 0.426. The predicted octanol–water partition coefficient (Wildman–Crippen LogP) is 6.69. The molecule has 0 bridgehead atoms. The number of ether oxygens (including phenoxy) is 3. The summed E-state index contributed by atoms with van der Waals surface area (Å²) < 4.78 is 42.7. The topological polar surface area (TPSA) is 174 Å². The van der Waals surface area contributed by atoms with Crippen LogP contribution in [0.25, 0.3) is 0 Å². The molecular formula is C47H55BCl2F2LiN6O7S2. The van der Waals surface area contributed by atoms with Gasteiger partial charge in [0.05, 0.1) is 38.4 Å². The Kier molecular flexibility index (Phi) is 22.6. The Morgan fingerprint density at radius 2 is 1.19 bits per heavy atom. The summed E-state index contributed by atoms with van der Waals surface area (Å²) in [6.45, 7) is 0.109. The van der Waals surface area contributed by atoms with Crippen LogP contribution in [0.15, 0.2) is 92.1 Å². The molecule has 2 saturated carbocycles. The predicted molar refractivity (Wildman–Crippen MR) is 260 cm³/mol. The van der Waals surface area contributed by atoms with Crippen LogP contribution in [0.5, 0.6) is 0 Å². The Bertz CT molecular complexity index is 2510. The zero-order chi connectivity index (χ0) is 45.5. The van der Waals surface area contributed by atoms with Gasteiger partial charge < -0.3 is 31.4 Å². The number of aliphatic imine (C=N–C) groups is 2. The van der Waals surface area contributed by atoms with Gasteiger partial charge in [0.15, 0.2) is 21.7 Å². The zero-order valence-corrected chi connectivity index (χ0v) is 39.8. The maximum absolute atomic E-state index is 13.8. The average Bonchev–Trinajstić information content (AvgIpc) is 4.07. The number of methoxy groups -OCH3 is 3. The van der Waals surface area contributed by atoms with E-state index < -0.39 is 35.7 Å². The number of hydrogen-bond acceptors (Lipinski definition) is 15. The summed E-state index contributed by atoms with van der Waals surface area (Å²) in [5, 5.41) is 21.7. The van der Waals surface area contributed by atoms with Crippen molar-refractivity contribution in [2.45, 2.75) is 78.3 Å². The van der Waals surface area contributed by atoms with E-state index in [0.717, 1.165) is 50.6 Å². The largest absolute Gasteiger partial charge is 1.00 e. The third-order valence-electron chi connectivity index (χ3n) is 11.8. The van der Waals surface area contributed by atoms with E-state index in [2.05, 4.69) is 20.6 Å². The monoisotopic (exact) mass is 1010 g/mol. The molecular weight excluding hydrogens is 951 g/mol. The van der Waals surface area contributed by atoms with E-state index in [1.54, 1.807) is 18.5 Å². The van der Waals surface area contributed by atoms with E-state index in [0.29, 0.717) is 56.1 Å². The number of aliphatic hydroxyl groups excluding tert-OH is 1. The van der Waals surface area contributed by atoms with Crippen LogP contribution < -0.4 is 29.5 Å². The molecule has 3 N–H and O–H groups in total. The third kappa shape index (κ3) is 13.1. The van der Waals surface area contributed by atoms with Crippen LogP contribution in [0.2, 0.25) is 10.0 Å². The van der Waals surface area contributed by atoms with Crippen molar-refractivity contribution in [1.29, 1.82) is 0 Å². The Balaban J connectivity index is 0.000000442. The molecule has 2 aromatic heterocycles. The first-order chi connectivity index (χ1) is 30.9. The van der Waals surface area contributed by atoms with E-state index in [4.69, 9.17) is 47.4 Å². The molecule has 2 aromatic carbocycles. The summed E-state index contributed by atoms with van der Waals surface area (Å²) in [5.74, 6) is -1.48. The van der Waals surface area contributed by atoms with Crippen LogP contribution in [0.1, 0.15) is 101 Å². The molecule has 6 atom stereocenters. The molecule has 13 nitrogen and oxygen atoms in total. The Morgan fingerprint density at radius 1 is 0.735 bits per heavy atom. The molecule has 68 heavy (non-hydrogen) atoms. The van der Waals surface area contributed by atoms with Crippen LogP contribution in [0.3, 0.4) is 0 Å². The van der Waals surface area contributed by atoms with Gasteiger partial charge in [-0.3, -0.25) is 14.8 Å². The summed E-state index contributed by atoms with van der Waals surface area (Å²) in [6, 6.07) is 6.49. The fourth-order valence-electron chi connectivity index (χ4n) is 8.79. The number of esters is 3. The van der Waals surface area contributed by atoms with E-state index in [-0.39, 0.29) is 89.8 Å². The average molecular weight is 1010 g/mol. The van der Waals surface area contributed by atoms with Gasteiger partial charge in [-0.2, -0.15) is 0 Å². The molecule has 2 aliphatic heterocycles. The number of carbonyl (C=O) groups excluding carboxylic acids is 3. The van der Waals surface area contributed by atoms with Crippen LogP contribution in [-0.2, 0) is 28.6 Å². The molecule has 4 heterocycles. The number of benzene rings is 2. The molecule has 2 fully saturated rings. The smallest absolute Gasteiger partial charge is 1.00 e. The van der Waals surface area contributed by atoms with Crippen molar-refractivity contribution in [3.05, 3.63) is 125 Å². The van der Waals surface area contributed by atoms with Gasteiger partial charge in [0.1, 0.15) is 23.7 Å². The number of amidine groups is 2. The van der Waals surface area contributed by atoms with E-state index in [1.807, 2.05) is 10.8 Å². The van der Waals surface area contributed by atoms with Gasteiger partial charge in [0.25, 0.3) is 0 Å². The molecule has 8 rings (SSSR count). The van der Waals surface area contributed by atoms with Crippen molar-refractivity contribution < 1.29 is 62.8 Å². The SMILES string of the molecule is C.C.COC(=O)C1=C([C@@H]2CCC[C@H](C(=O)OC)C2)NC(c2nccs2)=NC1c1ccc(F)cc1Cl.COC(=O)C1=C([C@@H]2CCC[C@H](CO)C2)NC(c2nccs2)=NC1c1ccc(F)cc1Cl.[B].[H-].[Li+]. The fourth-order valence-corrected chi connectivity index (χ4v) is 10.5. The van der Waals surface area contributed by atoms with Gasteiger partial charge >= 0.3 is 36.8 Å². The molecule has 2 aliphatic carbocycles. The number of halogens is 4. The minimum atomic E-state index is -0.820. The van der Waals surface area contributed by atoms with Crippen LogP contribution >= 0.6 is 45.9 Å². The van der Waals surface area contributed by atoms with Gasteiger partial charge in [-0.25, -0.2) is 28.3 Å². The Labute approximate surface area is 429 Å². The second-order valence-corrected chi connectivity index (χ2v) is 18.3. The van der Waals surface area contributed by atoms with Crippen LogP contribution in [0.4, 0.5) is 8.78 Å². The molecule has 3 radical (unpaired) electrons. The maximum atomic E-state index is 13.8.